The Labute approximate surface area is 102 Å². The molecule has 5 heteroatoms. The summed E-state index contributed by atoms with van der Waals surface area (Å²) < 4.78 is 1.71. The summed E-state index contributed by atoms with van der Waals surface area (Å²) in [6, 6.07) is 0. The van der Waals surface area contributed by atoms with Gasteiger partial charge in [-0.1, -0.05) is 12.8 Å². The van der Waals surface area contributed by atoms with Crippen LogP contribution in [-0.4, -0.2) is 45.5 Å². The second kappa shape index (κ2) is 6.02. The largest absolute Gasteiger partial charge is 0.396 e. The Hall–Kier alpha value is -1.07. The normalized spacial score (nSPS) is 20.1. The zero-order valence-corrected chi connectivity index (χ0v) is 10.3. The first-order valence-electron chi connectivity index (χ1n) is 6.42. The predicted octanol–water partition coefficient (Wildman–Crippen LogP) is 0.702. The van der Waals surface area contributed by atoms with Gasteiger partial charge in [0.2, 0.25) is 0 Å². The van der Waals surface area contributed by atoms with E-state index in [1.54, 1.807) is 17.1 Å². The van der Waals surface area contributed by atoms with Gasteiger partial charge in [0.25, 0.3) is 0 Å². The molecule has 0 spiro atoms. The first kappa shape index (κ1) is 12.4. The van der Waals surface area contributed by atoms with Gasteiger partial charge in [-0.15, -0.1) is 0 Å². The zero-order chi connectivity index (χ0) is 12.1. The van der Waals surface area contributed by atoms with E-state index in [9.17, 15) is 5.11 Å². The Bertz CT molecular complexity index is 331. The third-order valence-electron chi connectivity index (χ3n) is 3.22. The third-order valence-corrected chi connectivity index (χ3v) is 3.22. The Balaban J connectivity index is 1.77. The Morgan fingerprint density at radius 1 is 1.24 bits per heavy atom. The number of aliphatic hydroxyl groups excluding tert-OH is 1. The van der Waals surface area contributed by atoms with Crippen LogP contribution >= 0.6 is 0 Å². The minimum atomic E-state index is -0.368. The fourth-order valence-electron chi connectivity index (χ4n) is 2.37. The fourth-order valence-corrected chi connectivity index (χ4v) is 2.37. The van der Waals surface area contributed by atoms with Crippen molar-refractivity contribution in [1.82, 2.24) is 14.7 Å². The van der Waals surface area contributed by atoms with Crippen molar-refractivity contribution in [1.29, 1.82) is 0 Å². The topological polar surface area (TPSA) is 67.3 Å². The summed E-state index contributed by atoms with van der Waals surface area (Å²) in [5.41, 5.74) is 6.23. The predicted molar refractivity (Wildman–Crippen MR) is 67.6 cm³/mol. The average Bonchev–Trinajstić information content (AvgIpc) is 2.53. The number of anilines is 1. The molecule has 1 atom stereocenters. The number of hydrogen-bond donors (Lipinski definition) is 2. The lowest BCUT2D eigenvalue weighted by atomic mass is 10.2. The zero-order valence-electron chi connectivity index (χ0n) is 10.3. The van der Waals surface area contributed by atoms with Gasteiger partial charge in [-0.3, -0.25) is 4.68 Å². The minimum absolute atomic E-state index is 0.368. The van der Waals surface area contributed by atoms with Gasteiger partial charge >= 0.3 is 0 Å². The second-order valence-corrected chi connectivity index (χ2v) is 4.86. The van der Waals surface area contributed by atoms with E-state index >= 15 is 0 Å². The molecule has 1 aliphatic heterocycles. The molecule has 0 aromatic carbocycles. The van der Waals surface area contributed by atoms with Crippen molar-refractivity contribution in [3.05, 3.63) is 12.4 Å². The van der Waals surface area contributed by atoms with Crippen molar-refractivity contribution < 1.29 is 5.11 Å². The number of rotatable bonds is 4. The number of nitrogens with two attached hydrogens (primary N) is 1. The van der Waals surface area contributed by atoms with E-state index in [-0.39, 0.29) is 6.10 Å². The molecule has 0 radical (unpaired) electrons. The van der Waals surface area contributed by atoms with Crippen LogP contribution in [0.25, 0.3) is 0 Å². The summed E-state index contributed by atoms with van der Waals surface area (Å²) >= 11 is 0. The fraction of sp³-hybridized carbons (Fsp3) is 0.750. The molecule has 2 heterocycles. The molecule has 2 rings (SSSR count). The van der Waals surface area contributed by atoms with E-state index in [0.717, 1.165) is 19.6 Å². The van der Waals surface area contributed by atoms with Crippen LogP contribution in [0.3, 0.4) is 0 Å². The molecule has 1 aliphatic rings. The molecule has 0 bridgehead atoms. The van der Waals surface area contributed by atoms with Crippen molar-refractivity contribution in [3.8, 4) is 0 Å². The maximum atomic E-state index is 10.0. The molecule has 0 aliphatic carbocycles. The van der Waals surface area contributed by atoms with Crippen LogP contribution < -0.4 is 5.73 Å². The molecule has 1 unspecified atom stereocenters. The molecule has 5 nitrogen and oxygen atoms in total. The maximum Gasteiger partial charge on any atom is 0.0862 e. The number of nitrogen functional groups attached to an aromatic ring is 1. The van der Waals surface area contributed by atoms with E-state index in [1.807, 2.05) is 0 Å². The third kappa shape index (κ3) is 4.02. The van der Waals surface area contributed by atoms with Crippen LogP contribution in [0.2, 0.25) is 0 Å². The molecule has 1 saturated heterocycles. The SMILES string of the molecule is Nc1cnn(CC(O)CN2CCCCCC2)c1. The van der Waals surface area contributed by atoms with Crippen molar-refractivity contribution in [2.45, 2.75) is 38.3 Å². The van der Waals surface area contributed by atoms with Gasteiger partial charge in [-0.05, 0) is 25.9 Å². The first-order chi connectivity index (χ1) is 8.24. The quantitative estimate of drug-likeness (QED) is 0.810. The smallest absolute Gasteiger partial charge is 0.0862 e. The van der Waals surface area contributed by atoms with Crippen LogP contribution in [0.15, 0.2) is 12.4 Å². The summed E-state index contributed by atoms with van der Waals surface area (Å²) in [5, 5.41) is 14.1. The summed E-state index contributed by atoms with van der Waals surface area (Å²) in [4.78, 5) is 2.35. The van der Waals surface area contributed by atoms with Crippen LogP contribution in [0.1, 0.15) is 25.7 Å². The summed E-state index contributed by atoms with van der Waals surface area (Å²) in [5.74, 6) is 0. The lowest BCUT2D eigenvalue weighted by Gasteiger charge is -2.23. The van der Waals surface area contributed by atoms with Crippen molar-refractivity contribution in [3.63, 3.8) is 0 Å². The van der Waals surface area contributed by atoms with Gasteiger partial charge in [-0.25, -0.2) is 0 Å². The van der Waals surface area contributed by atoms with Gasteiger partial charge in [0, 0.05) is 12.7 Å². The average molecular weight is 238 g/mol. The Morgan fingerprint density at radius 3 is 2.53 bits per heavy atom. The van der Waals surface area contributed by atoms with Crippen molar-refractivity contribution in [2.24, 2.45) is 0 Å². The minimum Gasteiger partial charge on any atom is -0.396 e. The lowest BCUT2D eigenvalue weighted by molar-refractivity contribution is 0.0965. The molecule has 1 fully saturated rings. The maximum absolute atomic E-state index is 10.0. The standard InChI is InChI=1S/C12H22N4O/c13-11-7-14-16(8-11)10-12(17)9-15-5-3-1-2-4-6-15/h7-8,12,17H,1-6,9-10,13H2. The van der Waals surface area contributed by atoms with E-state index < -0.39 is 0 Å². The van der Waals surface area contributed by atoms with Gasteiger partial charge < -0.3 is 15.7 Å². The molecule has 1 aromatic heterocycles. The highest BCUT2D eigenvalue weighted by molar-refractivity contribution is 5.30. The highest BCUT2D eigenvalue weighted by Crippen LogP contribution is 2.10. The van der Waals surface area contributed by atoms with E-state index in [2.05, 4.69) is 10.00 Å². The van der Waals surface area contributed by atoms with E-state index in [4.69, 9.17) is 5.73 Å². The number of nitrogens with zero attached hydrogens (tertiary/aromatic N) is 3. The number of aliphatic hydroxyl groups is 1. The van der Waals surface area contributed by atoms with Crippen LogP contribution in [0, 0.1) is 0 Å². The molecule has 17 heavy (non-hydrogen) atoms. The van der Waals surface area contributed by atoms with E-state index in [0.29, 0.717) is 12.2 Å². The molecule has 0 amide bonds. The summed E-state index contributed by atoms with van der Waals surface area (Å²) in [7, 11) is 0. The van der Waals surface area contributed by atoms with Gasteiger partial charge in [0.1, 0.15) is 0 Å². The van der Waals surface area contributed by atoms with Gasteiger partial charge in [0.05, 0.1) is 24.5 Å². The van der Waals surface area contributed by atoms with Crippen molar-refractivity contribution >= 4 is 5.69 Å². The highest BCUT2D eigenvalue weighted by atomic mass is 16.3. The van der Waals surface area contributed by atoms with Crippen molar-refractivity contribution in [2.75, 3.05) is 25.4 Å². The molecular formula is C12H22N4O. The molecule has 3 N–H and O–H groups in total. The molecular weight excluding hydrogens is 216 g/mol. The second-order valence-electron chi connectivity index (χ2n) is 4.86. The van der Waals surface area contributed by atoms with Crippen LogP contribution in [0.4, 0.5) is 5.69 Å². The monoisotopic (exact) mass is 238 g/mol. The Kier molecular flexibility index (Phi) is 4.39. The van der Waals surface area contributed by atoms with Gasteiger partial charge in [0.15, 0.2) is 0 Å². The summed E-state index contributed by atoms with van der Waals surface area (Å²) in [6.45, 7) is 3.48. The lowest BCUT2D eigenvalue weighted by Crippen LogP contribution is -2.35. The number of aromatic nitrogens is 2. The van der Waals surface area contributed by atoms with Crippen LogP contribution in [-0.2, 0) is 6.54 Å². The molecule has 0 saturated carbocycles. The summed E-state index contributed by atoms with van der Waals surface area (Å²) in [6.07, 6.45) is 8.14. The number of likely N-dealkylation sites (tertiary alicyclic amines) is 1. The van der Waals surface area contributed by atoms with Crippen LogP contribution in [0.5, 0.6) is 0 Å². The first-order valence-corrected chi connectivity index (χ1v) is 6.42. The molecule has 1 aromatic rings. The molecule has 96 valence electrons. The number of hydrogen-bond acceptors (Lipinski definition) is 4. The Morgan fingerprint density at radius 2 is 1.94 bits per heavy atom. The number of β-amino-alcohol motifs (C(OH)–C–C–N with tert-alkyl or cyclic N) is 1. The van der Waals surface area contributed by atoms with Gasteiger partial charge in [-0.2, -0.15) is 5.10 Å². The van der Waals surface area contributed by atoms with E-state index in [1.165, 1.54) is 25.7 Å². The highest BCUT2D eigenvalue weighted by Gasteiger charge is 2.14.